The maximum absolute atomic E-state index is 14.6. The number of hydrogen-bond acceptors (Lipinski definition) is 0. The normalized spacial score (nSPS) is 11.3. The minimum absolute atomic E-state index is 0.0725. The maximum Gasteiger partial charge on any atom is 0.458 e. The smallest absolute Gasteiger partial charge is 0.206 e. The summed E-state index contributed by atoms with van der Waals surface area (Å²) < 4.78 is 108. The van der Waals surface area contributed by atoms with Crippen LogP contribution in [0.4, 0.5) is 35.1 Å². The molecule has 0 saturated heterocycles. The van der Waals surface area contributed by atoms with Gasteiger partial charge in [-0.1, -0.05) is 25.0 Å². The van der Waals surface area contributed by atoms with Gasteiger partial charge < -0.3 is 0 Å². The fraction of sp³-hybridized carbons (Fsp3) is 0.130. The highest BCUT2D eigenvalue weighted by Crippen LogP contribution is 2.34. The molecule has 0 unspecified atom stereocenters. The van der Waals surface area contributed by atoms with Gasteiger partial charge in [-0.2, -0.15) is 13.2 Å². The van der Waals surface area contributed by atoms with E-state index in [1.165, 1.54) is 18.1 Å². The lowest BCUT2D eigenvalue weighted by Gasteiger charge is -2.11. The first-order valence-corrected chi connectivity index (χ1v) is 8.87. The molecule has 0 amide bonds. The average molecular weight is 440 g/mol. The Morgan fingerprint density at radius 3 is 1.74 bits per heavy atom. The quantitative estimate of drug-likeness (QED) is 0.299. The van der Waals surface area contributed by atoms with Crippen molar-refractivity contribution in [1.29, 1.82) is 0 Å². The van der Waals surface area contributed by atoms with E-state index in [9.17, 15) is 35.1 Å². The summed E-state index contributed by atoms with van der Waals surface area (Å²) in [4.78, 5) is 0. The van der Waals surface area contributed by atoms with E-state index in [1.807, 2.05) is 0 Å². The first-order chi connectivity index (χ1) is 14.5. The third-order valence-corrected chi connectivity index (χ3v) is 4.45. The van der Waals surface area contributed by atoms with Crippen LogP contribution in [0.1, 0.15) is 18.1 Å². The monoisotopic (exact) mass is 440 g/mol. The van der Waals surface area contributed by atoms with Crippen LogP contribution < -0.4 is 0 Å². The van der Waals surface area contributed by atoms with Gasteiger partial charge >= 0.3 is 6.18 Å². The summed E-state index contributed by atoms with van der Waals surface area (Å²) in [5, 5.41) is 0. The van der Waals surface area contributed by atoms with Gasteiger partial charge in [0.1, 0.15) is 29.1 Å². The Bertz CT molecular complexity index is 1170. The second kappa shape index (κ2) is 8.42. The van der Waals surface area contributed by atoms with Crippen LogP contribution in [0.2, 0.25) is 0 Å². The van der Waals surface area contributed by atoms with Crippen LogP contribution in [-0.4, -0.2) is 6.18 Å². The van der Waals surface area contributed by atoms with Crippen molar-refractivity contribution in [2.24, 2.45) is 0 Å². The van der Waals surface area contributed by atoms with Crippen molar-refractivity contribution in [2.45, 2.75) is 19.5 Å². The molecule has 0 heterocycles. The largest absolute Gasteiger partial charge is 0.458 e. The summed E-state index contributed by atoms with van der Waals surface area (Å²) in [6.07, 6.45) is -4.42. The second-order valence-electron chi connectivity index (χ2n) is 6.55. The number of alkyl halides is 3. The highest BCUT2D eigenvalue weighted by Gasteiger charge is 2.24. The molecule has 0 saturated carbocycles. The summed E-state index contributed by atoms with van der Waals surface area (Å²) in [5.74, 6) is -4.15. The lowest BCUT2D eigenvalue weighted by atomic mass is 9.96. The molecular formula is C23H12F8. The maximum atomic E-state index is 14.6. The van der Waals surface area contributed by atoms with E-state index >= 15 is 0 Å². The molecule has 3 aromatic rings. The zero-order valence-corrected chi connectivity index (χ0v) is 15.8. The standard InChI is InChI=1S/C23H12F8/c1-2-12-3-4-15(17(24)7-12)13-8-20(27)22(21(28)9-13)14-10-18(25)16(19(26)11-14)5-6-23(29,30)31/h3-4,7-11H,2H2,1H3. The van der Waals surface area contributed by atoms with Gasteiger partial charge in [0.15, 0.2) is 0 Å². The van der Waals surface area contributed by atoms with E-state index in [1.54, 1.807) is 13.0 Å². The van der Waals surface area contributed by atoms with Gasteiger partial charge in [0.25, 0.3) is 0 Å². The van der Waals surface area contributed by atoms with Gasteiger partial charge in [-0.25, -0.2) is 22.0 Å². The zero-order valence-electron chi connectivity index (χ0n) is 15.8. The third-order valence-electron chi connectivity index (χ3n) is 4.45. The van der Waals surface area contributed by atoms with Gasteiger partial charge in [-0.3, -0.25) is 0 Å². The summed E-state index contributed by atoms with van der Waals surface area (Å²) in [5.41, 5.74) is -2.11. The molecule has 0 spiro atoms. The topological polar surface area (TPSA) is 0 Å². The highest BCUT2D eigenvalue weighted by atomic mass is 19.4. The molecule has 0 radical (unpaired) electrons. The number of aryl methyl sites for hydroxylation is 1. The van der Waals surface area contributed by atoms with Gasteiger partial charge in [-0.05, 0) is 53.4 Å². The fourth-order valence-corrected chi connectivity index (χ4v) is 2.99. The Kier molecular flexibility index (Phi) is 6.07. The number of hydrogen-bond donors (Lipinski definition) is 0. The van der Waals surface area contributed by atoms with Crippen LogP contribution in [0.25, 0.3) is 22.3 Å². The molecule has 0 N–H and O–H groups in total. The molecule has 0 aliphatic heterocycles. The van der Waals surface area contributed by atoms with Crippen LogP contribution in [0, 0.1) is 40.9 Å². The number of rotatable bonds is 3. The van der Waals surface area contributed by atoms with E-state index in [4.69, 9.17) is 0 Å². The van der Waals surface area contributed by atoms with E-state index in [2.05, 4.69) is 0 Å². The Hall–Kier alpha value is -3.34. The van der Waals surface area contributed by atoms with Crippen molar-refractivity contribution in [3.05, 3.63) is 82.7 Å². The fourth-order valence-electron chi connectivity index (χ4n) is 2.99. The lowest BCUT2D eigenvalue weighted by molar-refractivity contribution is -0.0696. The molecule has 0 bridgehead atoms. The molecule has 160 valence electrons. The molecule has 8 heteroatoms. The predicted molar refractivity (Wildman–Crippen MR) is 99.4 cm³/mol. The second-order valence-corrected chi connectivity index (χ2v) is 6.55. The van der Waals surface area contributed by atoms with Gasteiger partial charge in [0, 0.05) is 11.5 Å². The summed E-state index contributed by atoms with van der Waals surface area (Å²) in [6.45, 7) is 1.81. The third kappa shape index (κ3) is 4.88. The molecule has 0 aromatic heterocycles. The van der Waals surface area contributed by atoms with Crippen LogP contribution in [0.3, 0.4) is 0 Å². The average Bonchev–Trinajstić information content (AvgIpc) is 2.65. The van der Waals surface area contributed by atoms with Gasteiger partial charge in [0.2, 0.25) is 0 Å². The molecule has 3 rings (SSSR count). The highest BCUT2D eigenvalue weighted by molar-refractivity contribution is 5.72. The minimum atomic E-state index is -4.98. The Labute approximate surface area is 172 Å². The van der Waals surface area contributed by atoms with Crippen LogP contribution >= 0.6 is 0 Å². The van der Waals surface area contributed by atoms with Crippen molar-refractivity contribution in [3.8, 4) is 34.1 Å². The first-order valence-electron chi connectivity index (χ1n) is 8.87. The summed E-state index contributed by atoms with van der Waals surface area (Å²) in [6, 6.07) is 6.72. The van der Waals surface area contributed by atoms with Crippen LogP contribution in [0.15, 0.2) is 42.5 Å². The number of benzene rings is 3. The van der Waals surface area contributed by atoms with Crippen LogP contribution in [0.5, 0.6) is 0 Å². The predicted octanol–water partition coefficient (Wildman–Crippen LogP) is 7.19. The molecule has 0 aliphatic rings. The summed E-state index contributed by atoms with van der Waals surface area (Å²) in [7, 11) is 0. The van der Waals surface area contributed by atoms with Crippen LogP contribution in [-0.2, 0) is 6.42 Å². The molecule has 31 heavy (non-hydrogen) atoms. The van der Waals surface area contributed by atoms with E-state index in [-0.39, 0.29) is 11.1 Å². The Balaban J connectivity index is 2.08. The first kappa shape index (κ1) is 22.3. The molecular weight excluding hydrogens is 428 g/mol. The Morgan fingerprint density at radius 2 is 1.26 bits per heavy atom. The summed E-state index contributed by atoms with van der Waals surface area (Å²) >= 11 is 0. The lowest BCUT2D eigenvalue weighted by Crippen LogP contribution is -2.03. The van der Waals surface area contributed by atoms with E-state index in [0.717, 1.165) is 18.1 Å². The molecule has 0 aliphatic carbocycles. The number of halogens is 8. The molecule has 0 fully saturated rings. The van der Waals surface area contributed by atoms with E-state index < -0.39 is 52.0 Å². The zero-order chi connectivity index (χ0) is 22.9. The van der Waals surface area contributed by atoms with Crippen molar-refractivity contribution in [3.63, 3.8) is 0 Å². The van der Waals surface area contributed by atoms with Gasteiger partial charge in [-0.15, -0.1) is 0 Å². The Morgan fingerprint density at radius 1 is 0.710 bits per heavy atom. The van der Waals surface area contributed by atoms with E-state index in [0.29, 0.717) is 24.1 Å². The SMILES string of the molecule is CCc1ccc(-c2cc(F)c(-c3cc(F)c(C#CC(F)(F)F)c(F)c3)c(F)c2)c(F)c1. The van der Waals surface area contributed by atoms with Crippen molar-refractivity contribution in [2.75, 3.05) is 0 Å². The minimum Gasteiger partial charge on any atom is -0.206 e. The van der Waals surface area contributed by atoms with Crippen molar-refractivity contribution < 1.29 is 35.1 Å². The molecule has 3 aromatic carbocycles. The van der Waals surface area contributed by atoms with Crippen molar-refractivity contribution in [1.82, 2.24) is 0 Å². The molecule has 0 nitrogen and oxygen atoms in total. The molecule has 0 atom stereocenters. The van der Waals surface area contributed by atoms with Crippen molar-refractivity contribution >= 4 is 0 Å². The van der Waals surface area contributed by atoms with Gasteiger partial charge in [0.05, 0.1) is 11.1 Å².